The highest BCUT2D eigenvalue weighted by molar-refractivity contribution is 6.19. The van der Waals surface area contributed by atoms with Crippen LogP contribution in [0.2, 0.25) is 0 Å². The number of Topliss-reactive ketones (excluding diaryl/α,β-unsaturated/α-hetero) is 4. The van der Waals surface area contributed by atoms with Crippen molar-refractivity contribution in [3.8, 4) is 0 Å². The summed E-state index contributed by atoms with van der Waals surface area (Å²) < 4.78 is 12.6. The number of aryl methyl sites for hydroxylation is 4. The molecule has 6 aliphatic carbocycles. The van der Waals surface area contributed by atoms with Crippen molar-refractivity contribution in [2.24, 2.45) is 0 Å². The Bertz CT molecular complexity index is 3980. The molecule has 16 rings (SSSR count). The van der Waals surface area contributed by atoms with Crippen molar-refractivity contribution in [2.45, 2.75) is 135 Å². The number of ketones is 4. The van der Waals surface area contributed by atoms with E-state index in [1.807, 2.05) is 30.3 Å². The number of aliphatic hydroxyl groups excluding tert-OH is 1. The van der Waals surface area contributed by atoms with Crippen LogP contribution in [0.3, 0.4) is 0 Å². The second-order valence-electron chi connectivity index (χ2n) is 24.6. The second kappa shape index (κ2) is 21.7. The van der Waals surface area contributed by atoms with Crippen molar-refractivity contribution < 1.29 is 29.0 Å². The summed E-state index contributed by atoms with van der Waals surface area (Å²) in [7, 11) is 0. The number of morpholine rings is 1. The van der Waals surface area contributed by atoms with Gasteiger partial charge in [0.15, 0.2) is 23.1 Å². The van der Waals surface area contributed by atoms with Crippen molar-refractivity contribution in [2.75, 3.05) is 46.0 Å². The van der Waals surface area contributed by atoms with Crippen molar-refractivity contribution in [3.63, 3.8) is 0 Å². The van der Waals surface area contributed by atoms with Crippen LogP contribution in [0.5, 0.6) is 0 Å². The van der Waals surface area contributed by atoms with E-state index in [0.717, 1.165) is 153 Å². The lowest BCUT2D eigenvalue weighted by Crippen LogP contribution is -2.50. The summed E-state index contributed by atoms with van der Waals surface area (Å²) in [5.41, 5.74) is 20.8. The highest BCUT2D eigenvalue weighted by atomic mass is 16.5. The largest absolute Gasteiger partial charge is 0.395 e. The topological polar surface area (TPSA) is 119 Å². The Kier molecular flexibility index (Phi) is 14.1. The molecule has 6 aromatic carbocycles. The van der Waals surface area contributed by atoms with E-state index in [1.165, 1.54) is 121 Å². The van der Waals surface area contributed by atoms with E-state index in [0.29, 0.717) is 25.2 Å². The zero-order valence-corrected chi connectivity index (χ0v) is 48.3. The molecule has 11 heteroatoms. The number of allylic oxidation sites excluding steroid dienone is 2. The van der Waals surface area contributed by atoms with Crippen LogP contribution >= 0.6 is 0 Å². The normalized spacial score (nSPS) is 17.8. The first kappa shape index (κ1) is 53.7. The van der Waals surface area contributed by atoms with E-state index < -0.39 is 0 Å². The maximum atomic E-state index is 12.4. The molecule has 1 N–H and O–H groups in total. The lowest BCUT2D eigenvalue weighted by atomic mass is 9.84. The summed E-state index contributed by atoms with van der Waals surface area (Å²) in [5, 5.41) is 16.9. The van der Waals surface area contributed by atoms with E-state index in [-0.39, 0.29) is 24.0 Å². The quantitative estimate of drug-likeness (QED) is 0.120. The minimum atomic E-state index is 0.0710. The molecule has 0 bridgehead atoms. The van der Waals surface area contributed by atoms with Gasteiger partial charge in [-0.3, -0.25) is 29.0 Å². The number of hydrogen-bond acceptors (Lipinski definition) is 8. The van der Waals surface area contributed by atoms with Gasteiger partial charge in [-0.05, 0) is 195 Å². The predicted molar refractivity (Wildman–Crippen MR) is 335 cm³/mol. The number of ether oxygens (including phenoxy) is 1. The number of nitrogens with zero attached hydrogens (tertiary/aromatic N) is 5. The summed E-state index contributed by atoms with van der Waals surface area (Å²) in [6.07, 6.45) is 15.2. The Morgan fingerprint density at radius 3 is 1.33 bits per heavy atom. The number of carbonyl (C=O) groups is 4. The third kappa shape index (κ3) is 9.16. The first-order chi connectivity index (χ1) is 40.4. The van der Waals surface area contributed by atoms with Gasteiger partial charge in [-0.2, -0.15) is 0 Å². The van der Waals surface area contributed by atoms with Crippen LogP contribution in [0.1, 0.15) is 153 Å². The van der Waals surface area contributed by atoms with Gasteiger partial charge in [-0.1, -0.05) is 38.1 Å². The van der Waals surface area contributed by atoms with E-state index in [2.05, 4.69) is 91.3 Å². The minimum absolute atomic E-state index is 0.0710. The first-order valence-electron chi connectivity index (χ1n) is 30.8. The number of aliphatic hydroxyl groups is 1. The molecular weight excluding hydrogens is 1030 g/mol. The molecule has 4 heterocycles. The fourth-order valence-corrected chi connectivity index (χ4v) is 15.4. The number of rotatable bonds is 12. The van der Waals surface area contributed by atoms with Crippen molar-refractivity contribution in [3.05, 3.63) is 154 Å². The molecule has 1 aliphatic heterocycles. The number of aromatic nitrogens is 3. The Morgan fingerprint density at radius 1 is 0.506 bits per heavy atom. The van der Waals surface area contributed by atoms with Gasteiger partial charge < -0.3 is 23.5 Å². The van der Waals surface area contributed by atoms with Crippen LogP contribution in [0, 0.1) is 0 Å². The van der Waals surface area contributed by atoms with Gasteiger partial charge in [0, 0.05) is 158 Å². The molecule has 0 amide bonds. The predicted octanol–water partition coefficient (Wildman–Crippen LogP) is 13.7. The summed E-state index contributed by atoms with van der Waals surface area (Å²) >= 11 is 0. The van der Waals surface area contributed by atoms with Crippen LogP contribution in [-0.2, 0) is 50.1 Å². The molecule has 3 fully saturated rings. The zero-order chi connectivity index (χ0) is 56.8. The van der Waals surface area contributed by atoms with Gasteiger partial charge in [-0.15, -0.1) is 0 Å². The molecule has 0 atom stereocenters. The smallest absolute Gasteiger partial charge is 0.163 e. The molecule has 3 aromatic heterocycles. The maximum absolute atomic E-state index is 12.4. The van der Waals surface area contributed by atoms with E-state index >= 15 is 0 Å². The van der Waals surface area contributed by atoms with Crippen molar-refractivity contribution >= 4 is 99.7 Å². The third-order valence-electron chi connectivity index (χ3n) is 20.2. The molecule has 11 nitrogen and oxygen atoms in total. The van der Waals surface area contributed by atoms with Crippen LogP contribution in [0.15, 0.2) is 98.1 Å². The van der Waals surface area contributed by atoms with Crippen LogP contribution in [0.25, 0.3) is 76.6 Å². The summed E-state index contributed by atoms with van der Waals surface area (Å²) in [6.45, 7) is 20.1. The molecule has 7 aliphatic rings. The molecule has 9 aromatic rings. The van der Waals surface area contributed by atoms with E-state index in [4.69, 9.17) is 4.74 Å². The number of carbonyl (C=O) groups excluding carboxylic acids is 4. The monoisotopic (exact) mass is 1110 g/mol. The molecule has 2 saturated carbocycles. The Balaban J connectivity index is 0.000000112. The lowest BCUT2D eigenvalue weighted by molar-refractivity contribution is 0.0366. The first-order valence-corrected chi connectivity index (χ1v) is 30.8. The number of hydrogen-bond donors (Lipinski definition) is 1. The van der Waals surface area contributed by atoms with Crippen LogP contribution in [-0.4, -0.2) is 110 Å². The third-order valence-corrected chi connectivity index (χ3v) is 20.2. The molecule has 424 valence electrons. The summed E-state index contributed by atoms with van der Waals surface area (Å²) in [6, 6.07) is 30.7. The van der Waals surface area contributed by atoms with Gasteiger partial charge in [0.2, 0.25) is 0 Å². The lowest BCUT2D eigenvalue weighted by Gasteiger charge is -2.46. The highest BCUT2D eigenvalue weighted by Crippen LogP contribution is 2.46. The Labute approximate surface area is 485 Å². The zero-order valence-electron chi connectivity index (χ0n) is 48.3. The molecular formula is C72H75N5O6. The molecule has 0 spiro atoms. The Morgan fingerprint density at radius 2 is 0.904 bits per heavy atom. The standard InChI is InChI=1S/C26H30N2O2.C25H26N2O2.C21H19NO2/c1-17(29)19-9-11-25-23(15-19)24-16-20(18(2)30)10-12-26(24)28(25)14-13-27(21-5-3-6-21)22-7-4-8-22;1-16-2-3-19-17(16)4-7-21-24(19)25-20-6-9-23(28)18(20)5-8-22(25)27(21)11-10-26-12-14-29-15-13-26;1-12-2-3-15-13(12)4-7-17-20(15)21-16-6-9-19(24)14(16)5-8-18(21)22(17)10-11-23/h9-12,15-16,21-22H,3-8,13-14H2,1-2H3;4-5,7-8H,1-3,6,9-15H2;4-5,7-8,23H,1-3,6,9-11H2. The van der Waals surface area contributed by atoms with Crippen molar-refractivity contribution in [1.29, 1.82) is 0 Å². The minimum Gasteiger partial charge on any atom is -0.395 e. The highest BCUT2D eigenvalue weighted by Gasteiger charge is 2.34. The molecule has 1 saturated heterocycles. The SMILES string of the molecule is C=C1CCc2c1ccc1c2c2c3c(ccc2n1CCN1CCOCC1)C(=O)CC3.C=C1CCc2c1ccc1c2c2c3c(ccc2n1CCO)C(=O)CC3.CC(=O)c1ccc2c(c1)c1cc(C(C)=O)ccc1n2CCN(C1CCC1)C1CCC1. The Hall–Kier alpha value is -7.28. The molecule has 0 unspecified atom stereocenters. The second-order valence-corrected chi connectivity index (χ2v) is 24.6. The van der Waals surface area contributed by atoms with E-state index in [1.54, 1.807) is 13.8 Å². The van der Waals surface area contributed by atoms with Gasteiger partial charge >= 0.3 is 0 Å². The summed E-state index contributed by atoms with van der Waals surface area (Å²) in [4.78, 5) is 53.9. The van der Waals surface area contributed by atoms with Gasteiger partial charge in [0.1, 0.15) is 0 Å². The molecule has 83 heavy (non-hydrogen) atoms. The fourth-order valence-electron chi connectivity index (χ4n) is 15.4. The summed E-state index contributed by atoms with van der Waals surface area (Å²) in [5.74, 6) is 0.698. The van der Waals surface area contributed by atoms with Gasteiger partial charge in [0.25, 0.3) is 0 Å². The number of benzene rings is 6. The maximum Gasteiger partial charge on any atom is 0.163 e. The average molecular weight is 1110 g/mol. The number of fused-ring (bicyclic) bond motifs is 17. The van der Waals surface area contributed by atoms with Crippen LogP contribution in [0.4, 0.5) is 0 Å². The molecule has 0 radical (unpaired) electrons. The average Bonchev–Trinajstić information content (AvgIpc) is 1.89. The van der Waals surface area contributed by atoms with Gasteiger partial charge in [-0.25, -0.2) is 0 Å². The van der Waals surface area contributed by atoms with Crippen molar-refractivity contribution in [1.82, 2.24) is 23.5 Å². The fraction of sp³-hybridized carbons (Fsp3) is 0.389. The van der Waals surface area contributed by atoms with Crippen LogP contribution < -0.4 is 0 Å². The van der Waals surface area contributed by atoms with Gasteiger partial charge in [0.05, 0.1) is 19.8 Å². The van der Waals surface area contributed by atoms with E-state index in [9.17, 15) is 24.3 Å².